The van der Waals surface area contributed by atoms with E-state index in [-0.39, 0.29) is 10.6 Å². The number of nitrogens with zero attached hydrogens (tertiary/aromatic N) is 2. The van der Waals surface area contributed by atoms with E-state index in [1.807, 2.05) is 34.3 Å². The third-order valence-corrected chi connectivity index (χ3v) is 4.24. The molecule has 4 nitrogen and oxygen atoms in total. The highest BCUT2D eigenvalue weighted by Gasteiger charge is 2.19. The Hall–Kier alpha value is -1.98. The van der Waals surface area contributed by atoms with Crippen LogP contribution in [0, 0.1) is 10.1 Å². The minimum Gasteiger partial charge on any atom is -0.258 e. The number of nitro benzene ring substituents is 1. The van der Waals surface area contributed by atoms with Crippen LogP contribution in [0.2, 0.25) is 5.02 Å². The van der Waals surface area contributed by atoms with Crippen molar-refractivity contribution in [2.24, 2.45) is 0 Å². The molecule has 1 aromatic heterocycles. The summed E-state index contributed by atoms with van der Waals surface area (Å²) >= 11 is 7.53. The first-order valence-corrected chi connectivity index (χ1v) is 7.19. The van der Waals surface area contributed by atoms with Crippen LogP contribution in [-0.4, -0.2) is 4.92 Å². The summed E-state index contributed by atoms with van der Waals surface area (Å²) in [5.41, 5.74) is 3.82. The summed E-state index contributed by atoms with van der Waals surface area (Å²) in [5, 5.41) is 11.7. The van der Waals surface area contributed by atoms with E-state index in [1.165, 1.54) is 6.07 Å². The zero-order valence-electron chi connectivity index (χ0n) is 10.3. The highest BCUT2D eigenvalue weighted by molar-refractivity contribution is 7.16. The Morgan fingerprint density at radius 1 is 1.25 bits per heavy atom. The second-order valence-corrected chi connectivity index (χ2v) is 5.67. The van der Waals surface area contributed by atoms with E-state index < -0.39 is 0 Å². The number of nitro groups is 1. The quantitative estimate of drug-likeness (QED) is 0.420. The third kappa shape index (κ3) is 2.37. The van der Waals surface area contributed by atoms with Crippen LogP contribution in [0.1, 0.15) is 5.56 Å². The van der Waals surface area contributed by atoms with Crippen LogP contribution < -0.4 is 4.57 Å². The molecule has 0 N–H and O–H groups in total. The minimum absolute atomic E-state index is 0.147. The van der Waals surface area contributed by atoms with E-state index in [4.69, 9.17) is 11.6 Å². The van der Waals surface area contributed by atoms with Crippen molar-refractivity contribution >= 4 is 38.8 Å². The van der Waals surface area contributed by atoms with Crippen LogP contribution in [0.3, 0.4) is 0 Å². The van der Waals surface area contributed by atoms with Gasteiger partial charge in [0.1, 0.15) is 4.70 Å². The molecular formula is C14H10ClN2O2S+. The number of aromatic nitrogens is 1. The third-order valence-electron chi connectivity index (χ3n) is 3.07. The van der Waals surface area contributed by atoms with Crippen molar-refractivity contribution in [1.82, 2.24) is 0 Å². The largest absolute Gasteiger partial charge is 0.278 e. The highest BCUT2D eigenvalue weighted by Crippen LogP contribution is 2.22. The molecule has 0 amide bonds. The summed E-state index contributed by atoms with van der Waals surface area (Å²) < 4.78 is 3.06. The summed E-state index contributed by atoms with van der Waals surface area (Å²) in [6, 6.07) is 12.5. The number of halogens is 1. The van der Waals surface area contributed by atoms with Gasteiger partial charge in [0, 0.05) is 17.2 Å². The van der Waals surface area contributed by atoms with Crippen LogP contribution in [-0.2, 0) is 6.54 Å². The zero-order chi connectivity index (χ0) is 14.1. The number of hydrogen-bond acceptors (Lipinski definition) is 3. The molecule has 0 fully saturated rings. The molecule has 0 aliphatic carbocycles. The molecule has 0 spiro atoms. The van der Waals surface area contributed by atoms with E-state index in [2.05, 4.69) is 0 Å². The van der Waals surface area contributed by atoms with Gasteiger partial charge in [0.2, 0.25) is 11.0 Å². The Kier molecular flexibility index (Phi) is 3.38. The highest BCUT2D eigenvalue weighted by atomic mass is 35.5. The molecule has 1 heterocycles. The summed E-state index contributed by atoms with van der Waals surface area (Å²) in [7, 11) is 0. The molecule has 0 saturated heterocycles. The molecule has 0 saturated carbocycles. The molecule has 0 unspecified atom stereocenters. The topological polar surface area (TPSA) is 47.0 Å². The number of rotatable bonds is 3. The lowest BCUT2D eigenvalue weighted by atomic mass is 10.2. The fourth-order valence-electron chi connectivity index (χ4n) is 2.13. The molecule has 3 aromatic rings. The van der Waals surface area contributed by atoms with E-state index in [0.717, 1.165) is 10.2 Å². The van der Waals surface area contributed by atoms with Gasteiger partial charge >= 0.3 is 0 Å². The monoisotopic (exact) mass is 305 g/mol. The van der Waals surface area contributed by atoms with Crippen molar-refractivity contribution in [3.8, 4) is 0 Å². The maximum Gasteiger partial charge on any atom is 0.278 e. The first-order chi connectivity index (χ1) is 9.65. The Bertz CT molecular complexity index is 801. The molecule has 100 valence electrons. The van der Waals surface area contributed by atoms with E-state index in [9.17, 15) is 10.1 Å². The number of hydrogen-bond donors (Lipinski definition) is 0. The molecule has 6 heteroatoms. The average molecular weight is 306 g/mol. The van der Waals surface area contributed by atoms with Crippen molar-refractivity contribution < 1.29 is 9.49 Å². The molecule has 0 aliphatic heterocycles. The molecule has 0 bridgehead atoms. The van der Waals surface area contributed by atoms with Gasteiger partial charge < -0.3 is 0 Å². The van der Waals surface area contributed by atoms with Gasteiger partial charge in [0.05, 0.1) is 10.5 Å². The molecule has 20 heavy (non-hydrogen) atoms. The lowest BCUT2D eigenvalue weighted by Gasteiger charge is -1.98. The smallest absolute Gasteiger partial charge is 0.258 e. The van der Waals surface area contributed by atoms with Crippen LogP contribution in [0.15, 0.2) is 48.0 Å². The average Bonchev–Trinajstić information content (AvgIpc) is 2.81. The Balaban J connectivity index is 2.04. The summed E-state index contributed by atoms with van der Waals surface area (Å²) in [6.07, 6.45) is 0. The van der Waals surface area contributed by atoms with E-state index >= 15 is 0 Å². The minimum atomic E-state index is -0.346. The van der Waals surface area contributed by atoms with Crippen LogP contribution >= 0.6 is 22.9 Å². The predicted octanol–water partition coefficient (Wildman–Crippen LogP) is 3.80. The Morgan fingerprint density at radius 3 is 2.85 bits per heavy atom. The van der Waals surface area contributed by atoms with Crippen molar-refractivity contribution in [3.05, 3.63) is 68.7 Å². The van der Waals surface area contributed by atoms with Gasteiger partial charge in [0.15, 0.2) is 6.54 Å². The fraction of sp³-hybridized carbons (Fsp3) is 0.0714. The Morgan fingerprint density at radius 2 is 2.05 bits per heavy atom. The van der Waals surface area contributed by atoms with Gasteiger partial charge in [-0.15, -0.1) is 0 Å². The fourth-order valence-corrected chi connectivity index (χ4v) is 3.29. The standard InChI is InChI=1S/C14H10ClN2O2S/c15-11-5-6-13-14(7-11)20-9-16(13)8-10-3-1-2-4-12(10)17(18)19/h1-7,9H,8H2/q+1. The summed E-state index contributed by atoms with van der Waals surface area (Å²) in [6.45, 7) is 0.471. The van der Waals surface area contributed by atoms with Gasteiger partial charge in [-0.25, -0.2) is 0 Å². The van der Waals surface area contributed by atoms with Crippen molar-refractivity contribution in [1.29, 1.82) is 0 Å². The molecule has 0 atom stereocenters. The van der Waals surface area contributed by atoms with Crippen LogP contribution in [0.5, 0.6) is 0 Å². The first-order valence-electron chi connectivity index (χ1n) is 5.93. The zero-order valence-corrected chi connectivity index (χ0v) is 11.9. The van der Waals surface area contributed by atoms with Gasteiger partial charge in [-0.05, 0) is 18.2 Å². The van der Waals surface area contributed by atoms with Crippen molar-refractivity contribution in [3.63, 3.8) is 0 Å². The molecule has 0 aliphatic rings. The van der Waals surface area contributed by atoms with Crippen LogP contribution in [0.4, 0.5) is 5.69 Å². The van der Waals surface area contributed by atoms with Crippen molar-refractivity contribution in [2.45, 2.75) is 6.54 Å². The van der Waals surface area contributed by atoms with Crippen LogP contribution in [0.25, 0.3) is 10.2 Å². The van der Waals surface area contributed by atoms with Crippen molar-refractivity contribution in [2.75, 3.05) is 0 Å². The first kappa shape index (κ1) is 13.0. The normalized spacial score (nSPS) is 10.8. The lowest BCUT2D eigenvalue weighted by Crippen LogP contribution is -2.32. The maximum absolute atomic E-state index is 11.0. The maximum atomic E-state index is 11.0. The molecule has 2 aromatic carbocycles. The van der Waals surface area contributed by atoms with E-state index in [1.54, 1.807) is 23.5 Å². The van der Waals surface area contributed by atoms with Gasteiger partial charge in [0.25, 0.3) is 5.69 Å². The van der Waals surface area contributed by atoms with Gasteiger partial charge in [-0.2, -0.15) is 4.57 Å². The molecular weight excluding hydrogens is 296 g/mol. The van der Waals surface area contributed by atoms with Gasteiger partial charge in [-0.3, -0.25) is 10.1 Å². The molecule has 3 rings (SSSR count). The lowest BCUT2D eigenvalue weighted by molar-refractivity contribution is -0.658. The second-order valence-electron chi connectivity index (χ2n) is 4.35. The summed E-state index contributed by atoms with van der Waals surface area (Å²) in [4.78, 5) is 10.7. The number of para-hydroxylation sites is 1. The second kappa shape index (κ2) is 5.19. The predicted molar refractivity (Wildman–Crippen MR) is 79.2 cm³/mol. The number of thiazole rings is 1. The van der Waals surface area contributed by atoms with E-state index in [0.29, 0.717) is 17.1 Å². The summed E-state index contributed by atoms with van der Waals surface area (Å²) in [5.74, 6) is 0. The number of benzene rings is 2. The number of fused-ring (bicyclic) bond motifs is 1. The van der Waals surface area contributed by atoms with Gasteiger partial charge in [-0.1, -0.05) is 35.1 Å². The molecule has 0 radical (unpaired) electrons. The Labute approximate surface area is 124 Å². The SMILES string of the molecule is O=[N+]([O-])c1ccccc1C[n+]1csc2cc(Cl)ccc21.